The third-order valence-electron chi connectivity index (χ3n) is 14.4. The lowest BCUT2D eigenvalue weighted by molar-refractivity contribution is -0.168. The monoisotopic (exact) mass is 1430 g/mol. The Bertz CT molecular complexity index is 2470. The number of hydrogen-bond donors (Lipinski definition) is 5. The van der Waals surface area contributed by atoms with Gasteiger partial charge in [0.2, 0.25) is 29.5 Å². The van der Waals surface area contributed by atoms with Gasteiger partial charge in [0.15, 0.2) is 0 Å². The summed E-state index contributed by atoms with van der Waals surface area (Å²) in [6, 6.07) is 0. The van der Waals surface area contributed by atoms with Gasteiger partial charge in [0.05, 0.1) is 139 Å². The summed E-state index contributed by atoms with van der Waals surface area (Å²) in [7, 11) is 0. The molecule has 574 valence electrons. The molecule has 1 aliphatic rings. The molecule has 0 bridgehead atoms. The smallest absolute Gasteiger partial charge is 0.311 e. The normalized spacial score (nSPS) is 13.2. The van der Waals surface area contributed by atoms with Crippen molar-refractivity contribution in [3.05, 3.63) is 12.2 Å². The van der Waals surface area contributed by atoms with Crippen molar-refractivity contribution in [3.8, 4) is 0 Å². The predicted molar refractivity (Wildman–Crippen MR) is 362 cm³/mol. The first kappa shape index (κ1) is 91.3. The van der Waals surface area contributed by atoms with Gasteiger partial charge in [0.25, 0.3) is 11.8 Å². The van der Waals surface area contributed by atoms with Crippen LogP contribution in [0.4, 0.5) is 0 Å². The number of esters is 5. The molecule has 0 radical (unpaired) electrons. The lowest BCUT2D eigenvalue weighted by Gasteiger charge is -2.37. The molecule has 0 saturated carbocycles. The second-order valence-electron chi connectivity index (χ2n) is 29.9. The van der Waals surface area contributed by atoms with E-state index in [0.717, 1.165) is 4.90 Å². The van der Waals surface area contributed by atoms with Crippen LogP contribution in [-0.2, 0) is 119 Å². The molecule has 0 aromatic rings. The third-order valence-corrected chi connectivity index (χ3v) is 14.4. The average Bonchev–Trinajstić information content (AvgIpc) is 1.000. The summed E-state index contributed by atoms with van der Waals surface area (Å²) in [5, 5.41) is 14.0. The zero-order chi connectivity index (χ0) is 75.9. The Morgan fingerprint density at radius 1 is 0.310 bits per heavy atom. The number of nitrogens with one attached hydrogen (secondary N) is 5. The molecule has 31 heteroatoms. The quantitative estimate of drug-likeness (QED) is 0.0253. The van der Waals surface area contributed by atoms with E-state index in [0.29, 0.717) is 33.0 Å². The number of rotatable bonds is 51. The summed E-state index contributed by atoms with van der Waals surface area (Å²) < 4.78 is 73.0. The number of hydrogen-bond acceptors (Lipinski definition) is 25. The van der Waals surface area contributed by atoms with Crippen LogP contribution in [0.3, 0.4) is 0 Å². The average molecular weight is 1430 g/mol. The van der Waals surface area contributed by atoms with Crippen LogP contribution in [0.5, 0.6) is 0 Å². The highest BCUT2D eigenvalue weighted by atomic mass is 16.6. The highest BCUT2D eigenvalue weighted by molar-refractivity contribution is 6.13. The molecule has 1 aliphatic heterocycles. The molecule has 0 aromatic carbocycles. The van der Waals surface area contributed by atoms with E-state index in [1.807, 2.05) is 0 Å². The molecule has 7 amide bonds. The molecular formula is C69H118N6O25. The first-order valence-corrected chi connectivity index (χ1v) is 33.9. The largest absolute Gasteiger partial charge is 0.465 e. The van der Waals surface area contributed by atoms with Gasteiger partial charge in [-0.2, -0.15) is 0 Å². The van der Waals surface area contributed by atoms with Crippen molar-refractivity contribution in [1.82, 2.24) is 31.5 Å². The molecule has 0 aliphatic carbocycles. The second-order valence-corrected chi connectivity index (χ2v) is 29.9. The van der Waals surface area contributed by atoms with E-state index in [4.69, 9.17) is 61.6 Å². The summed E-state index contributed by atoms with van der Waals surface area (Å²) in [5.74, 6) is -6.51. The number of carbonyl (C=O) groups is 12. The van der Waals surface area contributed by atoms with Crippen LogP contribution in [0, 0.1) is 43.3 Å². The van der Waals surface area contributed by atoms with E-state index in [9.17, 15) is 57.5 Å². The third kappa shape index (κ3) is 39.5. The maximum atomic E-state index is 14.6. The number of imide groups is 1. The lowest BCUT2D eigenvalue weighted by atomic mass is 9.85. The minimum atomic E-state index is -1.70. The van der Waals surface area contributed by atoms with Crippen molar-refractivity contribution in [1.29, 1.82) is 0 Å². The molecule has 0 unspecified atom stereocenters. The molecule has 0 aromatic heterocycles. The molecule has 0 spiro atoms. The Balaban J connectivity index is 2.93. The minimum absolute atomic E-state index is 0.00427. The van der Waals surface area contributed by atoms with Gasteiger partial charge in [-0.1, -0.05) is 0 Å². The molecular weight excluding hydrogens is 1310 g/mol. The SMILES string of the molecule is CC(C)(C)C(=O)OCCC(=O)NCC(CNC(=O)C(C)(COC(=O)C(C)(C)C)COC(=O)C(C)(C)C)(CNC(=O)C(C)(COC(=O)C(C)(C)C)COC(=O)C(C)(C)C)COCCOCCOCCOCCNC(=O)CCOCCOCCOCCOCCNC(=O)CCN1C(=O)C=CC1=O. The molecule has 31 nitrogen and oxygen atoms in total. The van der Waals surface area contributed by atoms with E-state index in [2.05, 4.69) is 26.6 Å². The van der Waals surface area contributed by atoms with Gasteiger partial charge in [0, 0.05) is 69.7 Å². The lowest BCUT2D eigenvalue weighted by Crippen LogP contribution is -2.58. The van der Waals surface area contributed by atoms with Gasteiger partial charge in [0.1, 0.15) is 43.9 Å². The maximum absolute atomic E-state index is 14.6. The summed E-state index contributed by atoms with van der Waals surface area (Å²) in [6.07, 6.45) is 2.22. The van der Waals surface area contributed by atoms with Crippen molar-refractivity contribution in [3.63, 3.8) is 0 Å². The standard InChI is InChI=1S/C69H118N6O25/c1-62(2,3)57(83)96-27-22-52(78)72-42-69(43-73-55(81)67(16,45-97-58(84)63(4,5)6)46-98-59(85)64(7,8)9,44-74-56(82)68(17,47-99-60(86)65(10,11)12)48-100-61(87)66(13,14)15)49-95-41-40-94-39-38-93-35-32-90-29-24-71-51(77)21-26-88-30-33-91-36-37-92-34-31-89-28-23-70-50(76)20-25-75-53(79)18-19-54(75)80/h18-19H,20-49H2,1-17H3,(H,70,76)(H,71,77)(H,72,78)(H,73,81)(H,74,82). The van der Waals surface area contributed by atoms with E-state index < -0.39 is 129 Å². The number of ether oxygens (including phenoxy) is 13. The highest BCUT2D eigenvalue weighted by Gasteiger charge is 2.44. The summed E-state index contributed by atoms with van der Waals surface area (Å²) in [4.78, 5) is 156. The van der Waals surface area contributed by atoms with Crippen LogP contribution in [-0.4, -0.2) is 254 Å². The van der Waals surface area contributed by atoms with Crippen molar-refractivity contribution < 1.29 is 119 Å². The van der Waals surface area contributed by atoms with E-state index >= 15 is 0 Å². The Morgan fingerprint density at radius 3 is 0.920 bits per heavy atom. The number of nitrogens with zero attached hydrogens (tertiary/aromatic N) is 1. The summed E-state index contributed by atoms with van der Waals surface area (Å²) in [6.45, 7) is 27.8. The Hall–Kier alpha value is -6.74. The van der Waals surface area contributed by atoms with Gasteiger partial charge in [-0.25, -0.2) is 0 Å². The van der Waals surface area contributed by atoms with Gasteiger partial charge in [-0.3, -0.25) is 62.4 Å². The molecule has 0 atom stereocenters. The van der Waals surface area contributed by atoms with Crippen molar-refractivity contribution >= 4 is 71.2 Å². The van der Waals surface area contributed by atoms with Crippen molar-refractivity contribution in [2.45, 2.75) is 137 Å². The first-order valence-electron chi connectivity index (χ1n) is 33.9. The van der Waals surface area contributed by atoms with Gasteiger partial charge < -0.3 is 88.2 Å². The van der Waals surface area contributed by atoms with Crippen LogP contribution < -0.4 is 26.6 Å². The van der Waals surface area contributed by atoms with Gasteiger partial charge >= 0.3 is 29.8 Å². The zero-order valence-corrected chi connectivity index (χ0v) is 62.5. The van der Waals surface area contributed by atoms with E-state index in [1.54, 1.807) is 104 Å². The fraction of sp³-hybridized carbons (Fsp3) is 0.797. The Morgan fingerprint density at radius 2 is 0.580 bits per heavy atom. The van der Waals surface area contributed by atoms with Crippen LogP contribution in [0.15, 0.2) is 12.2 Å². The van der Waals surface area contributed by atoms with Crippen LogP contribution >= 0.6 is 0 Å². The Kier molecular flexibility index (Phi) is 41.3. The topological polar surface area (TPSA) is 388 Å². The predicted octanol–water partition coefficient (Wildman–Crippen LogP) is 2.74. The molecule has 1 heterocycles. The molecule has 0 saturated heterocycles. The molecule has 100 heavy (non-hydrogen) atoms. The van der Waals surface area contributed by atoms with Gasteiger partial charge in [-0.05, 0) is 118 Å². The minimum Gasteiger partial charge on any atom is -0.465 e. The first-order chi connectivity index (χ1) is 46.5. The Labute approximate surface area is 590 Å². The summed E-state index contributed by atoms with van der Waals surface area (Å²) in [5.41, 5.74) is -9.58. The summed E-state index contributed by atoms with van der Waals surface area (Å²) >= 11 is 0. The van der Waals surface area contributed by atoms with Crippen LogP contribution in [0.1, 0.15) is 137 Å². The fourth-order valence-electron chi connectivity index (χ4n) is 7.68. The molecule has 0 fully saturated rings. The van der Waals surface area contributed by atoms with E-state index in [1.165, 1.54) is 26.0 Å². The zero-order valence-electron chi connectivity index (χ0n) is 62.5. The van der Waals surface area contributed by atoms with Crippen molar-refractivity contribution in [2.75, 3.05) is 178 Å². The van der Waals surface area contributed by atoms with Crippen LogP contribution in [0.2, 0.25) is 0 Å². The van der Waals surface area contributed by atoms with Crippen LogP contribution in [0.25, 0.3) is 0 Å². The maximum Gasteiger partial charge on any atom is 0.311 e. The number of carbonyl (C=O) groups excluding carboxylic acids is 12. The van der Waals surface area contributed by atoms with Crippen molar-refractivity contribution in [2.24, 2.45) is 43.3 Å². The second kappa shape index (κ2) is 45.3. The fourth-order valence-corrected chi connectivity index (χ4v) is 7.68. The number of amides is 7. The van der Waals surface area contributed by atoms with E-state index in [-0.39, 0.29) is 150 Å². The molecule has 5 N–H and O–H groups in total. The van der Waals surface area contributed by atoms with Gasteiger partial charge in [-0.15, -0.1) is 0 Å². The molecule has 1 rings (SSSR count). The highest BCUT2D eigenvalue weighted by Crippen LogP contribution is 2.28.